The molecule has 0 fully saturated rings. The van der Waals surface area contributed by atoms with E-state index in [-0.39, 0.29) is 5.41 Å². The van der Waals surface area contributed by atoms with Crippen LogP contribution in [-0.4, -0.2) is 0 Å². The molecule has 0 unspecified atom stereocenters. The monoisotopic (exact) mass is 238 g/mol. The molecule has 0 saturated heterocycles. The molecule has 0 atom stereocenters. The fourth-order valence-corrected chi connectivity index (χ4v) is 3.09. The van der Waals surface area contributed by atoms with Crippen LogP contribution in [0.4, 0.5) is 0 Å². The Morgan fingerprint density at radius 2 is 1.87 bits per heavy atom. The summed E-state index contributed by atoms with van der Waals surface area (Å²) < 4.78 is 1.22. The van der Waals surface area contributed by atoms with Crippen molar-refractivity contribution in [3.05, 3.63) is 33.7 Å². The molecule has 0 saturated carbocycles. The SMILES string of the molecule is Cc1cc2c(C(C)(C)C)ccc(Cl)c2s1. The second kappa shape index (κ2) is 3.50. The summed E-state index contributed by atoms with van der Waals surface area (Å²) >= 11 is 7.98. The summed E-state index contributed by atoms with van der Waals surface area (Å²) in [6, 6.07) is 6.41. The zero-order valence-corrected chi connectivity index (χ0v) is 11.1. The molecule has 1 heterocycles. The fraction of sp³-hybridized carbons (Fsp3) is 0.385. The normalized spacial score (nSPS) is 12.3. The number of benzene rings is 1. The van der Waals surface area contributed by atoms with E-state index in [2.05, 4.69) is 39.8 Å². The molecule has 1 aromatic heterocycles. The van der Waals surface area contributed by atoms with Crippen LogP contribution in [0.25, 0.3) is 10.1 Å². The predicted octanol–water partition coefficient (Wildman–Crippen LogP) is 5.16. The van der Waals surface area contributed by atoms with E-state index in [1.807, 2.05) is 6.07 Å². The molecule has 2 heteroatoms. The zero-order chi connectivity index (χ0) is 11.2. The minimum absolute atomic E-state index is 0.177. The summed E-state index contributed by atoms with van der Waals surface area (Å²) in [5.74, 6) is 0. The Morgan fingerprint density at radius 1 is 1.20 bits per heavy atom. The van der Waals surface area contributed by atoms with Crippen molar-refractivity contribution < 1.29 is 0 Å². The average Bonchev–Trinajstić information content (AvgIpc) is 2.45. The average molecular weight is 239 g/mol. The first-order valence-corrected chi connectivity index (χ1v) is 6.28. The molecule has 0 amide bonds. The molecule has 0 aliphatic carbocycles. The van der Waals surface area contributed by atoms with Crippen LogP contribution in [0.1, 0.15) is 31.2 Å². The molecule has 0 N–H and O–H groups in total. The van der Waals surface area contributed by atoms with Crippen LogP contribution in [0, 0.1) is 6.92 Å². The lowest BCUT2D eigenvalue weighted by molar-refractivity contribution is 0.596. The Hall–Kier alpha value is -0.530. The van der Waals surface area contributed by atoms with E-state index >= 15 is 0 Å². The summed E-state index contributed by atoms with van der Waals surface area (Å²) in [6.07, 6.45) is 0. The highest BCUT2D eigenvalue weighted by molar-refractivity contribution is 7.19. The lowest BCUT2D eigenvalue weighted by Crippen LogP contribution is -2.11. The minimum atomic E-state index is 0.177. The Morgan fingerprint density at radius 3 is 2.47 bits per heavy atom. The summed E-state index contributed by atoms with van der Waals surface area (Å²) in [6.45, 7) is 8.85. The molecule has 80 valence electrons. The van der Waals surface area contributed by atoms with E-state index in [9.17, 15) is 0 Å². The number of halogens is 1. The zero-order valence-electron chi connectivity index (χ0n) is 9.52. The van der Waals surface area contributed by atoms with E-state index in [0.29, 0.717) is 0 Å². The van der Waals surface area contributed by atoms with E-state index in [0.717, 1.165) is 5.02 Å². The molecule has 0 aliphatic rings. The fourth-order valence-electron chi connectivity index (χ4n) is 1.87. The van der Waals surface area contributed by atoms with Gasteiger partial charge in [0.2, 0.25) is 0 Å². The van der Waals surface area contributed by atoms with Gasteiger partial charge in [-0.2, -0.15) is 0 Å². The van der Waals surface area contributed by atoms with Gasteiger partial charge in [0, 0.05) is 4.88 Å². The Labute approximate surface area is 99.9 Å². The first-order valence-electron chi connectivity index (χ1n) is 5.09. The number of hydrogen-bond acceptors (Lipinski definition) is 1. The second-order valence-electron chi connectivity index (χ2n) is 4.94. The highest BCUT2D eigenvalue weighted by Gasteiger charge is 2.18. The maximum absolute atomic E-state index is 6.20. The van der Waals surface area contributed by atoms with Gasteiger partial charge in [-0.25, -0.2) is 0 Å². The predicted molar refractivity (Wildman–Crippen MR) is 70.3 cm³/mol. The number of fused-ring (bicyclic) bond motifs is 1. The van der Waals surface area contributed by atoms with Crippen LogP contribution < -0.4 is 0 Å². The molecule has 0 spiro atoms. The van der Waals surface area contributed by atoms with Crippen molar-refractivity contribution >= 4 is 33.0 Å². The molecular weight excluding hydrogens is 224 g/mol. The van der Waals surface area contributed by atoms with Crippen molar-refractivity contribution in [1.82, 2.24) is 0 Å². The van der Waals surface area contributed by atoms with Crippen LogP contribution in [0.2, 0.25) is 5.02 Å². The third-order valence-corrected chi connectivity index (χ3v) is 4.08. The van der Waals surface area contributed by atoms with Crippen molar-refractivity contribution in [2.75, 3.05) is 0 Å². The molecule has 1 aromatic carbocycles. The maximum Gasteiger partial charge on any atom is 0.0584 e. The largest absolute Gasteiger partial charge is 0.139 e. The third kappa shape index (κ3) is 1.91. The van der Waals surface area contributed by atoms with Gasteiger partial charge >= 0.3 is 0 Å². The van der Waals surface area contributed by atoms with Crippen LogP contribution in [0.3, 0.4) is 0 Å². The summed E-state index contributed by atoms with van der Waals surface area (Å²) in [7, 11) is 0. The van der Waals surface area contributed by atoms with Crippen LogP contribution >= 0.6 is 22.9 Å². The molecule has 2 rings (SSSR count). The van der Waals surface area contributed by atoms with E-state index in [1.165, 1.54) is 20.5 Å². The standard InChI is InChI=1S/C13H15ClS/c1-8-7-9-10(13(2,3)4)5-6-11(14)12(9)15-8/h5-7H,1-4H3. The lowest BCUT2D eigenvalue weighted by atomic mass is 9.85. The first kappa shape index (κ1) is 11.0. The van der Waals surface area contributed by atoms with Crippen LogP contribution in [0.5, 0.6) is 0 Å². The number of hydrogen-bond donors (Lipinski definition) is 0. The van der Waals surface area contributed by atoms with E-state index in [4.69, 9.17) is 11.6 Å². The quantitative estimate of drug-likeness (QED) is 0.595. The van der Waals surface area contributed by atoms with Crippen molar-refractivity contribution in [3.63, 3.8) is 0 Å². The first-order chi connectivity index (χ1) is 6.89. The Kier molecular flexibility index (Phi) is 2.56. The van der Waals surface area contributed by atoms with Gasteiger partial charge < -0.3 is 0 Å². The Balaban J connectivity index is 2.83. The van der Waals surface area contributed by atoms with E-state index in [1.54, 1.807) is 11.3 Å². The molecule has 0 aliphatic heterocycles. The second-order valence-corrected chi connectivity index (χ2v) is 6.61. The summed E-state index contributed by atoms with van der Waals surface area (Å²) in [5.41, 5.74) is 1.56. The van der Waals surface area contributed by atoms with Crippen molar-refractivity contribution in [2.45, 2.75) is 33.1 Å². The molecular formula is C13H15ClS. The summed E-state index contributed by atoms with van der Waals surface area (Å²) in [4.78, 5) is 1.32. The molecule has 0 radical (unpaired) electrons. The summed E-state index contributed by atoms with van der Waals surface area (Å²) in [5, 5.41) is 2.19. The van der Waals surface area contributed by atoms with Gasteiger partial charge in [0.15, 0.2) is 0 Å². The minimum Gasteiger partial charge on any atom is -0.139 e. The Bertz CT molecular complexity index is 503. The van der Waals surface area contributed by atoms with Gasteiger partial charge in [-0.3, -0.25) is 0 Å². The number of aryl methyl sites for hydroxylation is 1. The van der Waals surface area contributed by atoms with E-state index < -0.39 is 0 Å². The van der Waals surface area contributed by atoms with Gasteiger partial charge in [-0.15, -0.1) is 11.3 Å². The maximum atomic E-state index is 6.20. The third-order valence-electron chi connectivity index (χ3n) is 2.57. The number of thiophene rings is 1. The van der Waals surface area contributed by atoms with Crippen molar-refractivity contribution in [3.8, 4) is 0 Å². The van der Waals surface area contributed by atoms with Gasteiger partial charge in [-0.05, 0) is 35.4 Å². The van der Waals surface area contributed by atoms with Crippen molar-refractivity contribution in [2.24, 2.45) is 0 Å². The highest BCUT2D eigenvalue weighted by Crippen LogP contribution is 2.38. The smallest absolute Gasteiger partial charge is 0.0584 e. The van der Waals surface area contributed by atoms with Gasteiger partial charge in [-0.1, -0.05) is 38.4 Å². The lowest BCUT2D eigenvalue weighted by Gasteiger charge is -2.20. The van der Waals surface area contributed by atoms with Gasteiger partial charge in [0.1, 0.15) is 0 Å². The molecule has 0 bridgehead atoms. The molecule has 2 aromatic rings. The van der Waals surface area contributed by atoms with Gasteiger partial charge in [0.05, 0.1) is 9.72 Å². The highest BCUT2D eigenvalue weighted by atomic mass is 35.5. The molecule has 15 heavy (non-hydrogen) atoms. The van der Waals surface area contributed by atoms with Gasteiger partial charge in [0.25, 0.3) is 0 Å². The molecule has 0 nitrogen and oxygen atoms in total. The van der Waals surface area contributed by atoms with Crippen LogP contribution in [-0.2, 0) is 5.41 Å². The topological polar surface area (TPSA) is 0 Å². The van der Waals surface area contributed by atoms with Crippen molar-refractivity contribution in [1.29, 1.82) is 0 Å². The van der Waals surface area contributed by atoms with Crippen LogP contribution in [0.15, 0.2) is 18.2 Å². The number of rotatable bonds is 0.